The maximum Gasteiger partial charge on any atom is 0.246 e. The Balaban J connectivity index is 2.33. The second-order valence-electron chi connectivity index (χ2n) is 4.75. The molecule has 0 fully saturated rings. The smallest absolute Gasteiger partial charge is 0.246 e. The molecule has 6 heteroatoms. The summed E-state index contributed by atoms with van der Waals surface area (Å²) in [4.78, 5) is 0.195. The van der Waals surface area contributed by atoms with Crippen LogP contribution in [0.25, 0.3) is 0 Å². The van der Waals surface area contributed by atoms with Gasteiger partial charge in [0.05, 0.1) is 6.54 Å². The lowest BCUT2D eigenvalue weighted by atomic mass is 10.2. The molecule has 0 bridgehead atoms. The molecule has 0 spiro atoms. The Morgan fingerprint density at radius 3 is 2.43 bits per heavy atom. The topological polar surface area (TPSA) is 76.5 Å². The van der Waals surface area contributed by atoms with Gasteiger partial charge in [0.1, 0.15) is 16.4 Å². The Kier molecular flexibility index (Phi) is 4.82. The summed E-state index contributed by atoms with van der Waals surface area (Å²) in [6.45, 7) is 4.37. The van der Waals surface area contributed by atoms with Gasteiger partial charge in [-0.15, -0.1) is 0 Å². The lowest BCUT2D eigenvalue weighted by molar-refractivity contribution is 0.420. The number of hydrogen-bond acceptors (Lipinski definition) is 4. The molecule has 2 aromatic rings. The zero-order valence-corrected chi connectivity index (χ0v) is 13.1. The molecule has 0 aliphatic rings. The summed E-state index contributed by atoms with van der Waals surface area (Å²) in [5.41, 5.74) is 6.45. The average Bonchev–Trinajstić information content (AvgIpc) is 2.87. The van der Waals surface area contributed by atoms with E-state index in [9.17, 15) is 8.42 Å². The Morgan fingerprint density at radius 2 is 1.90 bits per heavy atom. The first kappa shape index (κ1) is 15.8. The number of nitrogens with zero attached hydrogens (tertiary/aromatic N) is 1. The average molecular weight is 308 g/mol. The minimum Gasteiger partial charge on any atom is -0.464 e. The normalized spacial score (nSPS) is 12.0. The summed E-state index contributed by atoms with van der Waals surface area (Å²) in [5.74, 6) is 0.851. The second-order valence-corrected chi connectivity index (χ2v) is 6.66. The van der Waals surface area contributed by atoms with Gasteiger partial charge in [0.2, 0.25) is 10.0 Å². The monoisotopic (exact) mass is 308 g/mol. The van der Waals surface area contributed by atoms with Crippen molar-refractivity contribution in [2.75, 3.05) is 6.54 Å². The minimum atomic E-state index is -3.59. The van der Waals surface area contributed by atoms with Gasteiger partial charge < -0.3 is 10.2 Å². The quantitative estimate of drug-likeness (QED) is 0.888. The molecule has 1 heterocycles. The SMILES string of the molecule is CCN(Cc1ccccc1)S(=O)(=O)c1cc(CN)oc1C. The van der Waals surface area contributed by atoms with Crippen LogP contribution in [0.5, 0.6) is 0 Å². The molecule has 0 saturated carbocycles. The summed E-state index contributed by atoms with van der Waals surface area (Å²) < 4.78 is 32.3. The Bertz CT molecular complexity index is 693. The van der Waals surface area contributed by atoms with Crippen LogP contribution in [0, 0.1) is 6.92 Å². The van der Waals surface area contributed by atoms with Crippen molar-refractivity contribution in [3.8, 4) is 0 Å². The maximum atomic E-state index is 12.7. The van der Waals surface area contributed by atoms with Crippen LogP contribution in [0.4, 0.5) is 0 Å². The van der Waals surface area contributed by atoms with Crippen LogP contribution in [-0.4, -0.2) is 19.3 Å². The number of nitrogens with two attached hydrogens (primary N) is 1. The predicted octanol–water partition coefficient (Wildman–Crippen LogP) is 2.26. The van der Waals surface area contributed by atoms with Crippen molar-refractivity contribution < 1.29 is 12.8 Å². The lowest BCUT2D eigenvalue weighted by Gasteiger charge is -2.20. The van der Waals surface area contributed by atoms with E-state index in [4.69, 9.17) is 10.2 Å². The molecule has 2 N–H and O–H groups in total. The highest BCUT2D eigenvalue weighted by Crippen LogP contribution is 2.24. The Hall–Kier alpha value is -1.63. The van der Waals surface area contributed by atoms with E-state index in [0.717, 1.165) is 5.56 Å². The number of aryl methyl sites for hydroxylation is 1. The highest BCUT2D eigenvalue weighted by atomic mass is 32.2. The molecule has 5 nitrogen and oxygen atoms in total. The summed E-state index contributed by atoms with van der Waals surface area (Å²) >= 11 is 0. The van der Waals surface area contributed by atoms with Crippen molar-refractivity contribution in [1.29, 1.82) is 0 Å². The third-order valence-corrected chi connectivity index (χ3v) is 5.32. The van der Waals surface area contributed by atoms with Crippen molar-refractivity contribution in [2.24, 2.45) is 5.73 Å². The van der Waals surface area contributed by atoms with E-state index >= 15 is 0 Å². The summed E-state index contributed by atoms with van der Waals surface area (Å²) in [5, 5.41) is 0. The first-order valence-corrected chi connectivity index (χ1v) is 8.26. The molecule has 1 aromatic heterocycles. The van der Waals surface area contributed by atoms with E-state index in [2.05, 4.69) is 0 Å². The van der Waals surface area contributed by atoms with Gasteiger partial charge in [-0.05, 0) is 12.5 Å². The molecule has 0 saturated heterocycles. The minimum absolute atomic E-state index is 0.182. The molecule has 21 heavy (non-hydrogen) atoms. The fourth-order valence-corrected chi connectivity index (χ4v) is 3.80. The van der Waals surface area contributed by atoms with Crippen LogP contribution in [0.2, 0.25) is 0 Å². The second kappa shape index (κ2) is 6.43. The van der Waals surface area contributed by atoms with Gasteiger partial charge in [-0.2, -0.15) is 4.31 Å². The molecule has 0 unspecified atom stereocenters. The molecule has 114 valence electrons. The van der Waals surface area contributed by atoms with Gasteiger partial charge in [-0.1, -0.05) is 37.3 Å². The van der Waals surface area contributed by atoms with Crippen molar-refractivity contribution in [3.63, 3.8) is 0 Å². The van der Waals surface area contributed by atoms with Gasteiger partial charge in [0.15, 0.2) is 0 Å². The molecule has 2 rings (SSSR count). The first-order valence-electron chi connectivity index (χ1n) is 6.82. The fraction of sp³-hybridized carbons (Fsp3) is 0.333. The van der Waals surface area contributed by atoms with Crippen molar-refractivity contribution in [2.45, 2.75) is 31.8 Å². The van der Waals surface area contributed by atoms with E-state index in [-0.39, 0.29) is 11.4 Å². The van der Waals surface area contributed by atoms with Gasteiger partial charge in [0, 0.05) is 19.2 Å². The maximum absolute atomic E-state index is 12.7. The molecule has 1 aromatic carbocycles. The number of furan rings is 1. The van der Waals surface area contributed by atoms with E-state index in [1.165, 1.54) is 10.4 Å². The molecular weight excluding hydrogens is 288 g/mol. The molecule has 0 radical (unpaired) electrons. The first-order chi connectivity index (χ1) is 9.98. The molecule has 0 aliphatic heterocycles. The highest BCUT2D eigenvalue weighted by molar-refractivity contribution is 7.89. The van der Waals surface area contributed by atoms with Crippen LogP contribution in [0.3, 0.4) is 0 Å². The number of sulfonamides is 1. The molecule has 0 aliphatic carbocycles. The largest absolute Gasteiger partial charge is 0.464 e. The van der Waals surface area contributed by atoms with E-state index in [1.807, 2.05) is 37.3 Å². The zero-order valence-electron chi connectivity index (χ0n) is 12.2. The van der Waals surface area contributed by atoms with Crippen molar-refractivity contribution in [3.05, 3.63) is 53.5 Å². The molecular formula is C15H20N2O3S. The van der Waals surface area contributed by atoms with Gasteiger partial charge in [-0.25, -0.2) is 8.42 Å². The molecule has 0 atom stereocenters. The Morgan fingerprint density at radius 1 is 1.24 bits per heavy atom. The third kappa shape index (κ3) is 3.34. The van der Waals surface area contributed by atoms with Crippen molar-refractivity contribution in [1.82, 2.24) is 4.31 Å². The van der Waals surface area contributed by atoms with Gasteiger partial charge in [0.25, 0.3) is 0 Å². The standard InChI is InChI=1S/C15H20N2O3S/c1-3-17(11-13-7-5-4-6-8-13)21(18,19)15-9-14(10-16)20-12(15)2/h4-9H,3,10-11,16H2,1-2H3. The van der Waals surface area contributed by atoms with Crippen LogP contribution < -0.4 is 5.73 Å². The molecule has 0 amide bonds. The van der Waals surface area contributed by atoms with Crippen LogP contribution in [0.15, 0.2) is 45.7 Å². The lowest BCUT2D eigenvalue weighted by Crippen LogP contribution is -2.30. The van der Waals surface area contributed by atoms with Gasteiger partial charge >= 0.3 is 0 Å². The summed E-state index contributed by atoms with van der Waals surface area (Å²) in [6, 6.07) is 11.0. The predicted molar refractivity (Wildman–Crippen MR) is 81.0 cm³/mol. The van der Waals surface area contributed by atoms with Crippen LogP contribution >= 0.6 is 0 Å². The summed E-state index contributed by atoms with van der Waals surface area (Å²) in [7, 11) is -3.59. The number of hydrogen-bond donors (Lipinski definition) is 1. The highest BCUT2D eigenvalue weighted by Gasteiger charge is 2.27. The number of benzene rings is 1. The van der Waals surface area contributed by atoms with Gasteiger partial charge in [-0.3, -0.25) is 0 Å². The van der Waals surface area contributed by atoms with E-state index < -0.39 is 10.0 Å². The summed E-state index contributed by atoms with van der Waals surface area (Å²) in [6.07, 6.45) is 0. The Labute approximate surface area is 125 Å². The third-order valence-electron chi connectivity index (χ3n) is 3.30. The van der Waals surface area contributed by atoms with E-state index in [0.29, 0.717) is 24.6 Å². The van der Waals surface area contributed by atoms with Crippen LogP contribution in [-0.2, 0) is 23.1 Å². The fourth-order valence-electron chi connectivity index (χ4n) is 2.17. The number of rotatable bonds is 6. The zero-order chi connectivity index (χ0) is 15.5. The van der Waals surface area contributed by atoms with E-state index in [1.54, 1.807) is 6.92 Å². The van der Waals surface area contributed by atoms with Crippen molar-refractivity contribution >= 4 is 10.0 Å². The van der Waals surface area contributed by atoms with Crippen LogP contribution in [0.1, 0.15) is 24.0 Å².